The van der Waals surface area contributed by atoms with Crippen LogP contribution < -0.4 is 10.2 Å². The van der Waals surface area contributed by atoms with Crippen LogP contribution in [0.5, 0.6) is 0 Å². The number of amides is 1. The average molecular weight is 404 g/mol. The highest BCUT2D eigenvalue weighted by atomic mass is 32.2. The summed E-state index contributed by atoms with van der Waals surface area (Å²) in [6.07, 6.45) is 3.70. The van der Waals surface area contributed by atoms with Gasteiger partial charge in [0.1, 0.15) is 18.0 Å². The Hall–Kier alpha value is -2.52. The van der Waals surface area contributed by atoms with Gasteiger partial charge < -0.3 is 10.2 Å². The highest BCUT2D eigenvalue weighted by Gasteiger charge is 2.22. The zero-order valence-corrected chi connectivity index (χ0v) is 16.9. The molecule has 0 bridgehead atoms. The van der Waals surface area contributed by atoms with Gasteiger partial charge in [-0.2, -0.15) is 4.31 Å². The molecule has 1 amide bonds. The molecule has 0 unspecified atom stereocenters. The topological polar surface area (TPSA) is 95.5 Å². The van der Waals surface area contributed by atoms with E-state index >= 15 is 0 Å². The zero-order valence-electron chi connectivity index (χ0n) is 16.1. The van der Waals surface area contributed by atoms with Gasteiger partial charge in [0.15, 0.2) is 0 Å². The van der Waals surface area contributed by atoms with Gasteiger partial charge in [-0.3, -0.25) is 4.79 Å². The third-order valence-corrected chi connectivity index (χ3v) is 6.85. The van der Waals surface area contributed by atoms with Gasteiger partial charge in [0, 0.05) is 37.8 Å². The number of carbonyl (C=O) groups is 1. The average Bonchev–Trinajstić information content (AvgIpc) is 3.24. The maximum Gasteiger partial charge on any atom is 0.256 e. The van der Waals surface area contributed by atoms with Gasteiger partial charge in [0.2, 0.25) is 10.0 Å². The van der Waals surface area contributed by atoms with E-state index in [2.05, 4.69) is 20.2 Å². The second-order valence-corrected chi connectivity index (χ2v) is 8.46. The molecule has 2 aromatic rings. The van der Waals surface area contributed by atoms with E-state index < -0.39 is 10.0 Å². The van der Waals surface area contributed by atoms with Crippen LogP contribution in [0, 0.1) is 0 Å². The van der Waals surface area contributed by atoms with Gasteiger partial charge in [0.05, 0.1) is 4.90 Å². The summed E-state index contributed by atoms with van der Waals surface area (Å²) >= 11 is 0. The lowest BCUT2D eigenvalue weighted by atomic mass is 10.2. The fraction of sp³-hybridized carbons (Fsp3) is 0.421. The Labute approximate surface area is 165 Å². The monoisotopic (exact) mass is 403 g/mol. The van der Waals surface area contributed by atoms with Gasteiger partial charge >= 0.3 is 0 Å². The van der Waals surface area contributed by atoms with E-state index in [-0.39, 0.29) is 10.8 Å². The summed E-state index contributed by atoms with van der Waals surface area (Å²) in [7, 11) is -3.54. The van der Waals surface area contributed by atoms with Crippen molar-refractivity contribution in [2.45, 2.75) is 31.6 Å². The number of benzene rings is 1. The lowest BCUT2D eigenvalue weighted by molar-refractivity contribution is 0.102. The molecule has 1 fully saturated rings. The largest absolute Gasteiger partial charge is 0.356 e. The van der Waals surface area contributed by atoms with Crippen LogP contribution in [0.15, 0.2) is 41.6 Å². The lowest BCUT2D eigenvalue weighted by Gasteiger charge is -2.18. The van der Waals surface area contributed by atoms with Crippen molar-refractivity contribution in [3.63, 3.8) is 0 Å². The summed E-state index contributed by atoms with van der Waals surface area (Å²) in [6, 6.07) is 7.68. The molecule has 1 saturated heterocycles. The van der Waals surface area contributed by atoms with Crippen molar-refractivity contribution in [3.8, 4) is 0 Å². The molecule has 9 heteroatoms. The highest BCUT2D eigenvalue weighted by Crippen LogP contribution is 2.20. The maximum atomic E-state index is 12.5. The first-order valence-electron chi connectivity index (χ1n) is 9.44. The van der Waals surface area contributed by atoms with Crippen LogP contribution in [0.4, 0.5) is 11.6 Å². The minimum atomic E-state index is -3.54. The number of sulfonamides is 1. The van der Waals surface area contributed by atoms with Gasteiger partial charge in [-0.05, 0) is 37.1 Å². The number of hydrogen-bond acceptors (Lipinski definition) is 6. The number of nitrogens with zero attached hydrogens (tertiary/aromatic N) is 4. The minimum Gasteiger partial charge on any atom is -0.356 e. The Balaban J connectivity index is 1.72. The molecule has 1 aromatic carbocycles. The van der Waals surface area contributed by atoms with E-state index in [9.17, 15) is 13.2 Å². The molecule has 1 aromatic heterocycles. The molecule has 150 valence electrons. The summed E-state index contributed by atoms with van der Waals surface area (Å²) in [5.41, 5.74) is 0.361. The molecule has 1 aliphatic heterocycles. The quantitative estimate of drug-likeness (QED) is 0.762. The highest BCUT2D eigenvalue weighted by molar-refractivity contribution is 7.89. The number of hydrogen-bond donors (Lipinski definition) is 1. The summed E-state index contributed by atoms with van der Waals surface area (Å²) in [6.45, 7) is 6.28. The third kappa shape index (κ3) is 4.31. The van der Waals surface area contributed by atoms with Crippen molar-refractivity contribution in [2.24, 2.45) is 0 Å². The van der Waals surface area contributed by atoms with Crippen molar-refractivity contribution < 1.29 is 13.2 Å². The first-order valence-corrected chi connectivity index (χ1v) is 10.9. The van der Waals surface area contributed by atoms with Gasteiger partial charge in [0.25, 0.3) is 5.91 Å². The molecule has 8 nitrogen and oxygen atoms in total. The zero-order chi connectivity index (χ0) is 20.1. The SMILES string of the molecule is CCN(CC)S(=O)(=O)c1ccc(C(=O)Nc2cc(N3CCCC3)ncn2)cc1. The maximum absolute atomic E-state index is 12.5. The molecule has 0 spiro atoms. The number of rotatable bonds is 7. The van der Waals surface area contributed by atoms with E-state index in [4.69, 9.17) is 0 Å². The molecule has 0 radical (unpaired) electrons. The third-order valence-electron chi connectivity index (χ3n) is 4.78. The Kier molecular flexibility index (Phi) is 6.25. The van der Waals surface area contributed by atoms with E-state index in [1.807, 2.05) is 0 Å². The van der Waals surface area contributed by atoms with Crippen LogP contribution in [0.2, 0.25) is 0 Å². The first kappa shape index (κ1) is 20.2. The van der Waals surface area contributed by atoms with Gasteiger partial charge in [-0.25, -0.2) is 18.4 Å². The van der Waals surface area contributed by atoms with E-state index in [1.54, 1.807) is 19.9 Å². The standard InChI is InChI=1S/C19H25N5O3S/c1-3-24(4-2)28(26,27)16-9-7-15(8-10-16)19(25)22-17-13-18(21-14-20-17)23-11-5-6-12-23/h7-10,13-14H,3-6,11-12H2,1-2H3,(H,20,21,22,25). The smallest absolute Gasteiger partial charge is 0.256 e. The molecule has 1 N–H and O–H groups in total. The number of carbonyl (C=O) groups excluding carboxylic acids is 1. The predicted molar refractivity (Wildman–Crippen MR) is 108 cm³/mol. The van der Waals surface area contributed by atoms with Crippen molar-refractivity contribution in [3.05, 3.63) is 42.2 Å². The van der Waals surface area contributed by atoms with Gasteiger partial charge in [-0.1, -0.05) is 13.8 Å². The van der Waals surface area contributed by atoms with E-state index in [1.165, 1.54) is 34.9 Å². The Morgan fingerprint density at radius 2 is 1.75 bits per heavy atom. The first-order chi connectivity index (χ1) is 13.5. The van der Waals surface area contributed by atoms with E-state index in [0.29, 0.717) is 24.5 Å². The van der Waals surface area contributed by atoms with Crippen molar-refractivity contribution >= 4 is 27.6 Å². The minimum absolute atomic E-state index is 0.172. The normalized spacial score (nSPS) is 14.5. The molecular formula is C19H25N5O3S. The second-order valence-electron chi connectivity index (χ2n) is 6.52. The fourth-order valence-corrected chi connectivity index (χ4v) is 4.67. The van der Waals surface area contributed by atoms with Crippen LogP contribution in [0.25, 0.3) is 0 Å². The number of aromatic nitrogens is 2. The molecular weight excluding hydrogens is 378 g/mol. The van der Waals surface area contributed by atoms with Crippen molar-refractivity contribution in [1.82, 2.24) is 14.3 Å². The number of anilines is 2. The molecule has 0 atom stereocenters. The second kappa shape index (κ2) is 8.66. The number of nitrogens with one attached hydrogen (secondary N) is 1. The Bertz CT molecular complexity index is 921. The van der Waals surface area contributed by atoms with Crippen molar-refractivity contribution in [2.75, 3.05) is 36.4 Å². The lowest BCUT2D eigenvalue weighted by Crippen LogP contribution is -2.30. The van der Waals surface area contributed by atoms with Crippen LogP contribution in [0.3, 0.4) is 0 Å². The summed E-state index contributed by atoms with van der Waals surface area (Å²) < 4.78 is 26.4. The summed E-state index contributed by atoms with van der Waals surface area (Å²) in [4.78, 5) is 23.2. The Morgan fingerprint density at radius 1 is 1.11 bits per heavy atom. The van der Waals surface area contributed by atoms with Crippen LogP contribution in [-0.2, 0) is 10.0 Å². The molecule has 3 rings (SSSR count). The van der Waals surface area contributed by atoms with Crippen LogP contribution in [-0.4, -0.2) is 54.8 Å². The van der Waals surface area contributed by atoms with Gasteiger partial charge in [-0.15, -0.1) is 0 Å². The van der Waals surface area contributed by atoms with Crippen molar-refractivity contribution in [1.29, 1.82) is 0 Å². The summed E-state index contributed by atoms with van der Waals surface area (Å²) in [5.74, 6) is 0.864. The molecule has 1 aliphatic rings. The molecule has 2 heterocycles. The van der Waals surface area contributed by atoms with Crippen LogP contribution in [0.1, 0.15) is 37.0 Å². The molecule has 0 aliphatic carbocycles. The molecule has 0 saturated carbocycles. The molecule has 28 heavy (non-hydrogen) atoms. The Morgan fingerprint density at radius 3 is 2.36 bits per heavy atom. The predicted octanol–water partition coefficient (Wildman–Crippen LogP) is 2.36. The summed E-state index contributed by atoms with van der Waals surface area (Å²) in [5, 5.41) is 2.75. The fourth-order valence-electron chi connectivity index (χ4n) is 3.21. The van der Waals surface area contributed by atoms with E-state index in [0.717, 1.165) is 31.7 Å². The van der Waals surface area contributed by atoms with Crippen LogP contribution >= 0.6 is 0 Å².